The minimum Gasteiger partial charge on any atom is -0.345 e. The highest BCUT2D eigenvalue weighted by molar-refractivity contribution is 7.99. The summed E-state index contributed by atoms with van der Waals surface area (Å²) in [7, 11) is 0. The van der Waals surface area contributed by atoms with Gasteiger partial charge in [-0.25, -0.2) is 4.98 Å². The molecule has 204 valence electrons. The van der Waals surface area contributed by atoms with Gasteiger partial charge >= 0.3 is 0 Å². The molecule has 2 heterocycles. The average Bonchev–Trinajstić information content (AvgIpc) is 3.59. The summed E-state index contributed by atoms with van der Waals surface area (Å²) in [6.07, 6.45) is 0. The monoisotopic (exact) mass is 578 g/mol. The van der Waals surface area contributed by atoms with Crippen LogP contribution in [0.4, 0.5) is 5.13 Å². The second-order valence-electron chi connectivity index (χ2n) is 9.56. The van der Waals surface area contributed by atoms with E-state index < -0.39 is 0 Å². The minimum atomic E-state index is -0.193. The van der Waals surface area contributed by atoms with Crippen molar-refractivity contribution in [2.75, 3.05) is 11.1 Å². The van der Waals surface area contributed by atoms with Crippen LogP contribution in [0, 0.1) is 13.8 Å². The topological polar surface area (TPSA) is 102 Å². The van der Waals surface area contributed by atoms with Gasteiger partial charge in [-0.15, -0.1) is 10.2 Å². The lowest BCUT2D eigenvalue weighted by molar-refractivity contribution is -0.113. The molecule has 0 aliphatic carbocycles. The molecule has 10 heteroatoms. The fourth-order valence-corrected chi connectivity index (χ4v) is 6.25. The van der Waals surface area contributed by atoms with E-state index in [-0.39, 0.29) is 24.1 Å². The van der Waals surface area contributed by atoms with Crippen molar-refractivity contribution < 1.29 is 9.59 Å². The molecule has 0 spiro atoms. The van der Waals surface area contributed by atoms with Crippen LogP contribution in [0.5, 0.6) is 0 Å². The molecule has 0 atom stereocenters. The number of thiazole rings is 1. The van der Waals surface area contributed by atoms with Gasteiger partial charge in [-0.2, -0.15) is 0 Å². The van der Waals surface area contributed by atoms with Crippen LogP contribution in [0.1, 0.15) is 27.3 Å². The Labute approximate surface area is 244 Å². The minimum absolute atomic E-state index is 0.126. The molecular formula is C31H26N6O2S2. The summed E-state index contributed by atoms with van der Waals surface area (Å²) in [6.45, 7) is 4.20. The normalized spacial score (nSPS) is 11.2. The van der Waals surface area contributed by atoms with Gasteiger partial charge in [-0.3, -0.25) is 14.2 Å². The smallest absolute Gasteiger partial charge is 0.252 e. The molecule has 0 unspecified atom stereocenters. The molecule has 8 nitrogen and oxygen atoms in total. The number of aryl methyl sites for hydroxylation is 2. The summed E-state index contributed by atoms with van der Waals surface area (Å²) in [5.41, 5.74) is 4.46. The van der Waals surface area contributed by atoms with Crippen molar-refractivity contribution >= 4 is 61.0 Å². The zero-order chi connectivity index (χ0) is 28.3. The number of nitrogens with zero attached hydrogens (tertiary/aromatic N) is 4. The Hall–Kier alpha value is -4.54. The molecule has 0 aliphatic heterocycles. The Kier molecular flexibility index (Phi) is 7.49. The predicted octanol–water partition coefficient (Wildman–Crippen LogP) is 6.31. The number of benzene rings is 4. The first kappa shape index (κ1) is 26.7. The van der Waals surface area contributed by atoms with Gasteiger partial charge < -0.3 is 10.6 Å². The first-order valence-corrected chi connectivity index (χ1v) is 14.8. The maximum Gasteiger partial charge on any atom is 0.252 e. The van der Waals surface area contributed by atoms with E-state index in [1.807, 2.05) is 97.3 Å². The van der Waals surface area contributed by atoms with Crippen molar-refractivity contribution in [2.24, 2.45) is 0 Å². The molecule has 6 rings (SSSR count). The molecule has 6 aromatic rings. The number of anilines is 1. The van der Waals surface area contributed by atoms with Gasteiger partial charge in [0.25, 0.3) is 5.91 Å². The fourth-order valence-electron chi connectivity index (χ4n) is 4.60. The van der Waals surface area contributed by atoms with Crippen LogP contribution in [0.3, 0.4) is 0 Å². The largest absolute Gasteiger partial charge is 0.345 e. The van der Waals surface area contributed by atoms with Crippen molar-refractivity contribution in [3.63, 3.8) is 0 Å². The van der Waals surface area contributed by atoms with Crippen LogP contribution >= 0.6 is 23.1 Å². The van der Waals surface area contributed by atoms with E-state index in [1.54, 1.807) is 0 Å². The predicted molar refractivity (Wildman–Crippen MR) is 165 cm³/mol. The van der Waals surface area contributed by atoms with Crippen LogP contribution in [0.15, 0.2) is 90.1 Å². The number of fused-ring (bicyclic) bond motifs is 2. The Morgan fingerprint density at radius 2 is 1.73 bits per heavy atom. The summed E-state index contributed by atoms with van der Waals surface area (Å²) in [4.78, 5) is 30.6. The van der Waals surface area contributed by atoms with E-state index in [0.29, 0.717) is 21.7 Å². The highest BCUT2D eigenvalue weighted by Gasteiger charge is 2.19. The summed E-state index contributed by atoms with van der Waals surface area (Å²) < 4.78 is 2.93. The summed E-state index contributed by atoms with van der Waals surface area (Å²) in [5, 5.41) is 17.8. The zero-order valence-corrected chi connectivity index (χ0v) is 24.1. The SMILES string of the molecule is Cc1ccc(C)c(-n2c(CNC(=O)c3cccc4ccccc34)nnc2SCC(=O)Nc2nc3ccccc3s2)c1. The molecule has 0 radical (unpaired) electrons. The van der Waals surface area contributed by atoms with Crippen LogP contribution in [0.25, 0.3) is 26.7 Å². The van der Waals surface area contributed by atoms with E-state index >= 15 is 0 Å². The Morgan fingerprint density at radius 1 is 0.927 bits per heavy atom. The number of carbonyl (C=O) groups excluding carboxylic acids is 2. The van der Waals surface area contributed by atoms with Gasteiger partial charge in [0, 0.05) is 5.56 Å². The first-order chi connectivity index (χ1) is 20.0. The molecule has 0 aliphatic rings. The molecule has 0 saturated heterocycles. The van der Waals surface area contributed by atoms with Crippen molar-refractivity contribution in [1.29, 1.82) is 0 Å². The number of para-hydroxylation sites is 1. The van der Waals surface area contributed by atoms with E-state index in [9.17, 15) is 9.59 Å². The fraction of sp³-hybridized carbons (Fsp3) is 0.129. The molecule has 0 fully saturated rings. The van der Waals surface area contributed by atoms with Gasteiger partial charge in [0.05, 0.1) is 28.2 Å². The lowest BCUT2D eigenvalue weighted by atomic mass is 10.0. The number of rotatable bonds is 8. The van der Waals surface area contributed by atoms with Crippen molar-refractivity contribution in [3.05, 3.63) is 107 Å². The maximum absolute atomic E-state index is 13.2. The third kappa shape index (κ3) is 5.70. The number of aromatic nitrogens is 4. The Bertz CT molecular complexity index is 1870. The zero-order valence-electron chi connectivity index (χ0n) is 22.4. The van der Waals surface area contributed by atoms with Gasteiger partial charge in [-0.1, -0.05) is 83.8 Å². The van der Waals surface area contributed by atoms with E-state index in [1.165, 1.54) is 23.1 Å². The van der Waals surface area contributed by atoms with Crippen molar-refractivity contribution in [1.82, 2.24) is 25.1 Å². The van der Waals surface area contributed by atoms with E-state index in [2.05, 4.69) is 31.9 Å². The van der Waals surface area contributed by atoms with E-state index in [0.717, 1.165) is 37.8 Å². The number of hydrogen-bond donors (Lipinski definition) is 2. The van der Waals surface area contributed by atoms with Gasteiger partial charge in [0.15, 0.2) is 16.1 Å². The summed E-state index contributed by atoms with van der Waals surface area (Å²) in [6, 6.07) is 27.4. The van der Waals surface area contributed by atoms with Gasteiger partial charge in [-0.05, 0) is 60.0 Å². The second-order valence-corrected chi connectivity index (χ2v) is 11.5. The highest BCUT2D eigenvalue weighted by Crippen LogP contribution is 2.28. The number of hydrogen-bond acceptors (Lipinski definition) is 7. The standard InChI is InChI=1S/C31H26N6O2S2/c1-19-14-15-20(2)25(16-19)37-27(17-32-29(39)23-11-7-9-21-8-3-4-10-22(21)23)35-36-31(37)40-18-28(38)34-30-33-24-12-5-6-13-26(24)41-30/h3-16H,17-18H2,1-2H3,(H,32,39)(H,33,34,38). The average molecular weight is 579 g/mol. The van der Waals surface area contributed by atoms with Crippen molar-refractivity contribution in [3.8, 4) is 5.69 Å². The molecule has 4 aromatic carbocycles. The van der Waals surface area contributed by atoms with Crippen LogP contribution in [-0.2, 0) is 11.3 Å². The highest BCUT2D eigenvalue weighted by atomic mass is 32.2. The molecule has 2 aromatic heterocycles. The summed E-state index contributed by atoms with van der Waals surface area (Å²) in [5.74, 6) is 0.319. The van der Waals surface area contributed by atoms with Crippen LogP contribution in [-0.4, -0.2) is 37.3 Å². The van der Waals surface area contributed by atoms with Gasteiger partial charge in [0.2, 0.25) is 5.91 Å². The number of thioether (sulfide) groups is 1. The molecule has 2 N–H and O–H groups in total. The second kappa shape index (κ2) is 11.5. The van der Waals surface area contributed by atoms with Gasteiger partial charge in [0.1, 0.15) is 0 Å². The molecule has 0 bridgehead atoms. The molecular weight excluding hydrogens is 553 g/mol. The lowest BCUT2D eigenvalue weighted by Gasteiger charge is -2.14. The number of carbonyl (C=O) groups is 2. The third-order valence-electron chi connectivity index (χ3n) is 6.62. The summed E-state index contributed by atoms with van der Waals surface area (Å²) >= 11 is 2.72. The van der Waals surface area contributed by atoms with Crippen LogP contribution < -0.4 is 10.6 Å². The number of amides is 2. The molecule has 41 heavy (non-hydrogen) atoms. The Morgan fingerprint density at radius 3 is 2.61 bits per heavy atom. The van der Waals surface area contributed by atoms with Crippen molar-refractivity contribution in [2.45, 2.75) is 25.5 Å². The first-order valence-electron chi connectivity index (χ1n) is 13.0. The van der Waals surface area contributed by atoms with Crippen LogP contribution in [0.2, 0.25) is 0 Å². The lowest BCUT2D eigenvalue weighted by Crippen LogP contribution is -2.25. The molecule has 2 amide bonds. The van der Waals surface area contributed by atoms with E-state index in [4.69, 9.17) is 0 Å². The number of nitrogens with one attached hydrogen (secondary N) is 2. The molecule has 0 saturated carbocycles. The maximum atomic E-state index is 13.2. The Balaban J connectivity index is 1.23. The quantitative estimate of drug-likeness (QED) is 0.205. The third-order valence-corrected chi connectivity index (χ3v) is 8.50.